The van der Waals surface area contributed by atoms with Gasteiger partial charge in [0, 0.05) is 25.6 Å². The minimum absolute atomic E-state index is 0.0219. The van der Waals surface area contributed by atoms with Gasteiger partial charge in [0.1, 0.15) is 6.61 Å². The first-order valence-electron chi connectivity index (χ1n) is 7.57. The van der Waals surface area contributed by atoms with Crippen LogP contribution in [0.15, 0.2) is 4.52 Å². The smallest absolute Gasteiger partial charge is 0.317 e. The predicted molar refractivity (Wildman–Crippen MR) is 76.7 cm³/mol. The predicted octanol–water partition coefficient (Wildman–Crippen LogP) is 1.73. The first-order chi connectivity index (χ1) is 10.1. The van der Waals surface area contributed by atoms with E-state index in [2.05, 4.69) is 15.5 Å². The Hall–Kier alpha value is -1.63. The van der Waals surface area contributed by atoms with E-state index < -0.39 is 0 Å². The topological polar surface area (TPSA) is 80.5 Å². The highest BCUT2D eigenvalue weighted by atomic mass is 16.5. The molecule has 1 N–H and O–H groups in total. The molecule has 7 nitrogen and oxygen atoms in total. The quantitative estimate of drug-likeness (QED) is 0.895. The fourth-order valence-corrected chi connectivity index (χ4v) is 2.28. The lowest BCUT2D eigenvalue weighted by Gasteiger charge is -2.32. The number of ether oxygens (including phenoxy) is 1. The molecule has 2 heterocycles. The molecule has 0 aromatic carbocycles. The number of rotatable bonds is 5. The van der Waals surface area contributed by atoms with E-state index in [1.165, 1.54) is 0 Å². The van der Waals surface area contributed by atoms with Crippen molar-refractivity contribution in [1.82, 2.24) is 20.4 Å². The number of piperidine rings is 1. The first-order valence-corrected chi connectivity index (χ1v) is 7.57. The molecule has 0 radical (unpaired) electrons. The Balaban J connectivity index is 1.79. The molecule has 2 rings (SSSR count). The van der Waals surface area contributed by atoms with Crippen LogP contribution in [0.2, 0.25) is 0 Å². The number of urea groups is 1. The lowest BCUT2D eigenvalue weighted by atomic mass is 10.1. The van der Waals surface area contributed by atoms with E-state index in [4.69, 9.17) is 9.26 Å². The molecule has 0 aliphatic carbocycles. The van der Waals surface area contributed by atoms with E-state index in [0.29, 0.717) is 24.9 Å². The van der Waals surface area contributed by atoms with Crippen LogP contribution in [0.25, 0.3) is 0 Å². The molecule has 1 saturated heterocycles. The van der Waals surface area contributed by atoms with Gasteiger partial charge in [-0.05, 0) is 26.7 Å². The summed E-state index contributed by atoms with van der Waals surface area (Å²) in [6.07, 6.45) is 2.66. The molecular formula is C14H24N4O3. The van der Waals surface area contributed by atoms with Crippen LogP contribution in [0.3, 0.4) is 0 Å². The fraction of sp³-hybridized carbons (Fsp3) is 0.786. The Bertz CT molecular complexity index is 461. The number of amides is 2. The highest BCUT2D eigenvalue weighted by Gasteiger charge is 2.24. The summed E-state index contributed by atoms with van der Waals surface area (Å²) in [6.45, 7) is 7.57. The second-order valence-electron chi connectivity index (χ2n) is 5.58. The highest BCUT2D eigenvalue weighted by Crippen LogP contribution is 2.15. The zero-order valence-electron chi connectivity index (χ0n) is 13.0. The number of nitrogens with one attached hydrogen (secondary N) is 1. The van der Waals surface area contributed by atoms with Crippen LogP contribution in [0.5, 0.6) is 0 Å². The monoisotopic (exact) mass is 296 g/mol. The summed E-state index contributed by atoms with van der Waals surface area (Å²) >= 11 is 0. The molecule has 7 heteroatoms. The third kappa shape index (κ3) is 4.70. The van der Waals surface area contributed by atoms with Gasteiger partial charge in [-0.25, -0.2) is 4.79 Å². The fourth-order valence-electron chi connectivity index (χ4n) is 2.28. The Morgan fingerprint density at radius 3 is 3.05 bits per heavy atom. The molecule has 0 unspecified atom stereocenters. The first kappa shape index (κ1) is 15.8. The number of nitrogens with zero attached hydrogens (tertiary/aromatic N) is 3. The van der Waals surface area contributed by atoms with Gasteiger partial charge in [0.2, 0.25) is 0 Å². The van der Waals surface area contributed by atoms with E-state index in [9.17, 15) is 4.79 Å². The van der Waals surface area contributed by atoms with Crippen LogP contribution < -0.4 is 5.32 Å². The van der Waals surface area contributed by atoms with Crippen molar-refractivity contribution in [3.8, 4) is 0 Å². The molecule has 1 aromatic heterocycles. The summed E-state index contributed by atoms with van der Waals surface area (Å²) < 4.78 is 10.9. The van der Waals surface area contributed by atoms with Crippen molar-refractivity contribution in [3.63, 3.8) is 0 Å². The minimum Gasteiger partial charge on any atom is -0.367 e. The van der Waals surface area contributed by atoms with Gasteiger partial charge in [-0.2, -0.15) is 4.98 Å². The van der Waals surface area contributed by atoms with Crippen LogP contribution in [-0.2, 0) is 17.8 Å². The summed E-state index contributed by atoms with van der Waals surface area (Å²) in [5, 5.41) is 6.74. The minimum atomic E-state index is -0.0237. The average Bonchev–Trinajstić information content (AvgIpc) is 2.93. The molecular weight excluding hydrogens is 272 g/mol. The highest BCUT2D eigenvalue weighted by molar-refractivity contribution is 5.74. The number of aromatic nitrogens is 2. The van der Waals surface area contributed by atoms with Crippen LogP contribution in [0, 0.1) is 0 Å². The molecule has 1 aliphatic heterocycles. The number of hydrogen-bond donors (Lipinski definition) is 1. The summed E-state index contributed by atoms with van der Waals surface area (Å²) in [5.74, 6) is 1.19. The molecule has 0 saturated carbocycles. The number of likely N-dealkylation sites (tertiary alicyclic amines) is 1. The zero-order valence-corrected chi connectivity index (χ0v) is 13.0. The van der Waals surface area contributed by atoms with Gasteiger partial charge in [0.05, 0.1) is 6.10 Å². The normalized spacial score (nSPS) is 19.0. The summed E-state index contributed by atoms with van der Waals surface area (Å²) in [7, 11) is 0. The van der Waals surface area contributed by atoms with E-state index in [0.717, 1.165) is 25.8 Å². The van der Waals surface area contributed by atoms with Crippen molar-refractivity contribution in [2.75, 3.05) is 13.1 Å². The zero-order chi connectivity index (χ0) is 15.2. The SMILES string of the molecule is CCc1noc(CO[C@@H]2CCCN(C(=O)NC(C)C)C2)n1. The Kier molecular flexibility index (Phi) is 5.55. The van der Waals surface area contributed by atoms with E-state index in [-0.39, 0.29) is 18.2 Å². The Morgan fingerprint density at radius 2 is 2.38 bits per heavy atom. The third-order valence-electron chi connectivity index (χ3n) is 3.35. The molecule has 1 atom stereocenters. The molecule has 1 fully saturated rings. The van der Waals surface area contributed by atoms with Crippen molar-refractivity contribution < 1.29 is 14.1 Å². The molecule has 1 aromatic rings. The summed E-state index contributed by atoms with van der Waals surface area (Å²) in [4.78, 5) is 18.0. The van der Waals surface area contributed by atoms with Gasteiger partial charge in [-0.15, -0.1) is 0 Å². The number of carbonyl (C=O) groups excluding carboxylic acids is 1. The Morgan fingerprint density at radius 1 is 1.57 bits per heavy atom. The molecule has 21 heavy (non-hydrogen) atoms. The van der Waals surface area contributed by atoms with Gasteiger partial charge >= 0.3 is 6.03 Å². The summed E-state index contributed by atoms with van der Waals surface area (Å²) in [5.41, 5.74) is 0. The maximum absolute atomic E-state index is 12.0. The van der Waals surface area contributed by atoms with Crippen molar-refractivity contribution in [1.29, 1.82) is 0 Å². The molecule has 1 aliphatic rings. The number of hydrogen-bond acceptors (Lipinski definition) is 5. The van der Waals surface area contributed by atoms with E-state index >= 15 is 0 Å². The van der Waals surface area contributed by atoms with Gasteiger partial charge in [0.15, 0.2) is 5.82 Å². The number of aryl methyl sites for hydroxylation is 1. The van der Waals surface area contributed by atoms with Gasteiger partial charge < -0.3 is 19.5 Å². The molecule has 0 bridgehead atoms. The second kappa shape index (κ2) is 7.40. The van der Waals surface area contributed by atoms with Crippen molar-refractivity contribution in [2.24, 2.45) is 0 Å². The van der Waals surface area contributed by atoms with E-state index in [1.54, 1.807) is 4.90 Å². The van der Waals surface area contributed by atoms with E-state index in [1.807, 2.05) is 20.8 Å². The van der Waals surface area contributed by atoms with Crippen LogP contribution in [0.1, 0.15) is 45.3 Å². The molecule has 0 spiro atoms. The average molecular weight is 296 g/mol. The summed E-state index contributed by atoms with van der Waals surface area (Å²) in [6, 6.07) is 0.119. The van der Waals surface area contributed by atoms with Crippen molar-refractivity contribution in [3.05, 3.63) is 11.7 Å². The lowest BCUT2D eigenvalue weighted by Crippen LogP contribution is -2.49. The standard InChI is InChI=1S/C14H24N4O3/c1-4-12-16-13(21-17-12)9-20-11-6-5-7-18(8-11)14(19)15-10(2)3/h10-11H,4-9H2,1-3H3,(H,15,19)/t11-/m1/s1. The largest absolute Gasteiger partial charge is 0.367 e. The van der Waals surface area contributed by atoms with Crippen LogP contribution in [0.4, 0.5) is 4.79 Å². The second-order valence-corrected chi connectivity index (χ2v) is 5.58. The maximum Gasteiger partial charge on any atom is 0.317 e. The Labute approximate surface area is 125 Å². The molecule has 2 amide bonds. The number of carbonyl (C=O) groups is 1. The van der Waals surface area contributed by atoms with Gasteiger partial charge in [-0.3, -0.25) is 0 Å². The maximum atomic E-state index is 12.0. The molecule has 118 valence electrons. The van der Waals surface area contributed by atoms with Crippen molar-refractivity contribution >= 4 is 6.03 Å². The van der Waals surface area contributed by atoms with Crippen molar-refractivity contribution in [2.45, 2.75) is 58.8 Å². The van der Waals surface area contributed by atoms with Crippen LogP contribution >= 0.6 is 0 Å². The van der Waals surface area contributed by atoms with Gasteiger partial charge in [0.25, 0.3) is 5.89 Å². The third-order valence-corrected chi connectivity index (χ3v) is 3.35. The lowest BCUT2D eigenvalue weighted by molar-refractivity contribution is -0.0105. The van der Waals surface area contributed by atoms with Crippen LogP contribution in [-0.4, -0.2) is 46.3 Å². The van der Waals surface area contributed by atoms with Gasteiger partial charge in [-0.1, -0.05) is 12.1 Å².